The molecule has 0 radical (unpaired) electrons. The average Bonchev–Trinajstić information content (AvgIpc) is 2.89. The third kappa shape index (κ3) is 5.49. The number of nitrogens with one attached hydrogen (secondary N) is 1. The van der Waals surface area contributed by atoms with E-state index in [0.717, 1.165) is 12.2 Å². The number of amides is 1. The molecule has 0 aliphatic carbocycles. The van der Waals surface area contributed by atoms with Crippen LogP contribution in [-0.2, 0) is 14.6 Å². The average molecular weight is 354 g/mol. The smallest absolute Gasteiger partial charge is 0.238 e. The fraction of sp³-hybridized carbons (Fsp3) is 0.588. The van der Waals surface area contributed by atoms with Crippen LogP contribution in [0.1, 0.15) is 26.7 Å². The van der Waals surface area contributed by atoms with Gasteiger partial charge in [0, 0.05) is 11.7 Å². The maximum Gasteiger partial charge on any atom is 0.238 e. The number of hydrogen-bond donors (Lipinski definition) is 1. The highest BCUT2D eigenvalue weighted by atomic mass is 32.2. The van der Waals surface area contributed by atoms with Gasteiger partial charge in [-0.1, -0.05) is 6.92 Å². The predicted molar refractivity (Wildman–Crippen MR) is 95.1 cm³/mol. The Morgan fingerprint density at radius 1 is 1.38 bits per heavy atom. The second-order valence-electron chi connectivity index (χ2n) is 6.38. The summed E-state index contributed by atoms with van der Waals surface area (Å²) < 4.78 is 28.7. The predicted octanol–water partition coefficient (Wildman–Crippen LogP) is 1.92. The maximum absolute atomic E-state index is 12.1. The van der Waals surface area contributed by atoms with E-state index in [2.05, 4.69) is 12.2 Å². The number of likely N-dealkylation sites (N-methyl/N-ethyl adjacent to an activating group) is 1. The summed E-state index contributed by atoms with van der Waals surface area (Å²) in [5, 5.41) is 2.83. The van der Waals surface area contributed by atoms with Gasteiger partial charge in [0.05, 0.1) is 24.2 Å². The van der Waals surface area contributed by atoms with Crippen molar-refractivity contribution in [2.75, 3.05) is 30.4 Å². The lowest BCUT2D eigenvalue weighted by atomic mass is 10.2. The van der Waals surface area contributed by atoms with Gasteiger partial charge >= 0.3 is 0 Å². The molecule has 1 aliphatic heterocycles. The van der Waals surface area contributed by atoms with E-state index in [1.54, 1.807) is 24.1 Å². The quantitative estimate of drug-likeness (QED) is 0.810. The van der Waals surface area contributed by atoms with Gasteiger partial charge in [0.1, 0.15) is 5.75 Å². The zero-order chi connectivity index (χ0) is 17.7. The highest BCUT2D eigenvalue weighted by Gasteiger charge is 2.31. The van der Waals surface area contributed by atoms with Crippen molar-refractivity contribution in [2.45, 2.75) is 38.8 Å². The standard InChI is InChI=1S/C17H26N2O4S/c1-4-13(2)23-16-7-5-14(6-8-16)18-17(20)11-19(3)15-9-10-24(21,22)12-15/h5-8,13,15H,4,9-12H2,1-3H3,(H,18,20). The molecule has 24 heavy (non-hydrogen) atoms. The van der Waals surface area contributed by atoms with Gasteiger partial charge < -0.3 is 10.1 Å². The molecule has 1 N–H and O–H groups in total. The summed E-state index contributed by atoms with van der Waals surface area (Å²) in [4.78, 5) is 13.9. The molecule has 0 bridgehead atoms. The largest absolute Gasteiger partial charge is 0.491 e. The molecule has 2 unspecified atom stereocenters. The fourth-order valence-electron chi connectivity index (χ4n) is 2.61. The van der Waals surface area contributed by atoms with E-state index in [4.69, 9.17) is 4.74 Å². The van der Waals surface area contributed by atoms with Crippen molar-refractivity contribution >= 4 is 21.4 Å². The van der Waals surface area contributed by atoms with Crippen LogP contribution in [0.25, 0.3) is 0 Å². The van der Waals surface area contributed by atoms with Crippen LogP contribution >= 0.6 is 0 Å². The lowest BCUT2D eigenvalue weighted by molar-refractivity contribution is -0.117. The zero-order valence-corrected chi connectivity index (χ0v) is 15.3. The molecule has 1 aromatic rings. The Bertz CT molecular complexity index is 658. The third-order valence-corrected chi connectivity index (χ3v) is 6.03. The van der Waals surface area contributed by atoms with Gasteiger partial charge in [0.15, 0.2) is 9.84 Å². The van der Waals surface area contributed by atoms with Gasteiger partial charge in [-0.3, -0.25) is 9.69 Å². The van der Waals surface area contributed by atoms with Crippen LogP contribution in [0.2, 0.25) is 0 Å². The van der Waals surface area contributed by atoms with Gasteiger partial charge in [0.2, 0.25) is 5.91 Å². The molecule has 0 saturated carbocycles. The molecular weight excluding hydrogens is 328 g/mol. The van der Waals surface area contributed by atoms with Crippen molar-refractivity contribution in [2.24, 2.45) is 0 Å². The van der Waals surface area contributed by atoms with Gasteiger partial charge in [-0.15, -0.1) is 0 Å². The van der Waals surface area contributed by atoms with Gasteiger partial charge in [-0.25, -0.2) is 8.42 Å². The number of sulfone groups is 1. The summed E-state index contributed by atoms with van der Waals surface area (Å²) >= 11 is 0. The van der Waals surface area contributed by atoms with Crippen molar-refractivity contribution in [3.63, 3.8) is 0 Å². The summed E-state index contributed by atoms with van der Waals surface area (Å²) in [7, 11) is -1.15. The minimum Gasteiger partial charge on any atom is -0.491 e. The Kier molecular flexibility index (Phi) is 6.23. The molecule has 2 atom stereocenters. The number of carbonyl (C=O) groups is 1. The summed E-state index contributed by atoms with van der Waals surface area (Å²) in [6.07, 6.45) is 1.68. The number of nitrogens with zero attached hydrogens (tertiary/aromatic N) is 1. The Morgan fingerprint density at radius 2 is 2.04 bits per heavy atom. The van der Waals surface area contributed by atoms with E-state index in [1.165, 1.54) is 0 Å². The molecule has 0 aromatic heterocycles. The Morgan fingerprint density at radius 3 is 2.58 bits per heavy atom. The van der Waals surface area contributed by atoms with Crippen molar-refractivity contribution in [1.82, 2.24) is 4.90 Å². The molecule has 1 aromatic carbocycles. The first-order valence-electron chi connectivity index (χ1n) is 8.26. The Balaban J connectivity index is 1.83. The Hall–Kier alpha value is -1.60. The van der Waals surface area contributed by atoms with Crippen molar-refractivity contribution < 1.29 is 17.9 Å². The van der Waals surface area contributed by atoms with Crippen molar-refractivity contribution in [3.8, 4) is 5.75 Å². The molecule has 6 nitrogen and oxygen atoms in total. The van der Waals surface area contributed by atoms with E-state index in [0.29, 0.717) is 12.1 Å². The normalized spacial score (nSPS) is 20.8. The van der Waals surface area contributed by atoms with Gasteiger partial charge in [-0.05, 0) is 51.1 Å². The SMILES string of the molecule is CCC(C)Oc1ccc(NC(=O)CN(C)C2CCS(=O)(=O)C2)cc1. The second kappa shape index (κ2) is 7.98. The minimum absolute atomic E-state index is 0.0768. The molecule has 7 heteroatoms. The van der Waals surface area contributed by atoms with Crippen molar-refractivity contribution in [3.05, 3.63) is 24.3 Å². The van der Waals surface area contributed by atoms with Crippen LogP contribution in [0.5, 0.6) is 5.75 Å². The number of rotatable bonds is 7. The zero-order valence-electron chi connectivity index (χ0n) is 14.5. The number of ether oxygens (including phenoxy) is 1. The first kappa shape index (κ1) is 18.7. The molecule has 1 aliphatic rings. The number of benzene rings is 1. The lowest BCUT2D eigenvalue weighted by Gasteiger charge is -2.22. The first-order chi connectivity index (χ1) is 11.3. The van der Waals surface area contributed by atoms with Crippen LogP contribution < -0.4 is 10.1 Å². The summed E-state index contributed by atoms with van der Waals surface area (Å²) in [6.45, 7) is 4.24. The monoisotopic (exact) mass is 354 g/mol. The third-order valence-electron chi connectivity index (χ3n) is 4.28. The molecule has 1 heterocycles. The van der Waals surface area contributed by atoms with E-state index in [1.807, 2.05) is 19.1 Å². The minimum atomic E-state index is -2.94. The summed E-state index contributed by atoms with van der Waals surface area (Å²) in [5.74, 6) is 0.965. The molecule has 134 valence electrons. The first-order valence-corrected chi connectivity index (χ1v) is 10.1. The van der Waals surface area contributed by atoms with Crippen LogP contribution in [0.3, 0.4) is 0 Å². The van der Waals surface area contributed by atoms with E-state index < -0.39 is 9.84 Å². The van der Waals surface area contributed by atoms with Crippen LogP contribution in [0.15, 0.2) is 24.3 Å². The number of carbonyl (C=O) groups excluding carboxylic acids is 1. The van der Waals surface area contributed by atoms with Crippen molar-refractivity contribution in [1.29, 1.82) is 0 Å². The molecule has 0 spiro atoms. The molecule has 1 saturated heterocycles. The van der Waals surface area contributed by atoms with E-state index in [9.17, 15) is 13.2 Å². The molecular formula is C17H26N2O4S. The Labute approximate surface area is 144 Å². The second-order valence-corrected chi connectivity index (χ2v) is 8.61. The van der Waals surface area contributed by atoms with Gasteiger partial charge in [-0.2, -0.15) is 0 Å². The molecule has 2 rings (SSSR count). The number of anilines is 1. The van der Waals surface area contributed by atoms with Crippen LogP contribution in [-0.4, -0.2) is 56.5 Å². The van der Waals surface area contributed by atoms with E-state index >= 15 is 0 Å². The van der Waals surface area contributed by atoms with Crippen LogP contribution in [0, 0.1) is 0 Å². The molecule has 1 fully saturated rings. The maximum atomic E-state index is 12.1. The number of hydrogen-bond acceptors (Lipinski definition) is 5. The van der Waals surface area contributed by atoms with E-state index in [-0.39, 0.29) is 36.1 Å². The fourth-order valence-corrected chi connectivity index (χ4v) is 4.42. The highest BCUT2D eigenvalue weighted by molar-refractivity contribution is 7.91. The highest BCUT2D eigenvalue weighted by Crippen LogP contribution is 2.19. The summed E-state index contributed by atoms with van der Waals surface area (Å²) in [5.41, 5.74) is 0.698. The lowest BCUT2D eigenvalue weighted by Crippen LogP contribution is -2.38. The van der Waals surface area contributed by atoms with Crippen LogP contribution in [0.4, 0.5) is 5.69 Å². The topological polar surface area (TPSA) is 75.7 Å². The summed E-state index contributed by atoms with van der Waals surface area (Å²) in [6, 6.07) is 7.18. The molecule has 1 amide bonds. The van der Waals surface area contributed by atoms with Gasteiger partial charge in [0.25, 0.3) is 0 Å².